The van der Waals surface area contributed by atoms with Crippen LogP contribution in [-0.4, -0.2) is 11.2 Å². The van der Waals surface area contributed by atoms with Gasteiger partial charge in [-0.2, -0.15) is 0 Å². The predicted molar refractivity (Wildman–Crippen MR) is 102 cm³/mol. The van der Waals surface area contributed by atoms with E-state index in [1.807, 2.05) is 54.1 Å². The van der Waals surface area contributed by atoms with Crippen LogP contribution < -0.4 is 4.98 Å². The molecule has 0 aliphatic carbocycles. The normalized spacial score (nSPS) is 11.6. The second kappa shape index (κ2) is 6.40. The standard InChI is InChI=1S/C18H11Cl2N3S/c19-11-3-5-14(15(20)8-11)18-22-16-6-4-12(9-17(16)23-18)21-10-13-2-1-7-24-13/h1-10H,(H,22,23)/p+1. The van der Waals surface area contributed by atoms with Crippen LogP contribution in [0.4, 0.5) is 5.69 Å². The molecule has 0 saturated carbocycles. The number of nitrogens with zero attached hydrogens (tertiary/aromatic N) is 1. The van der Waals surface area contributed by atoms with Crippen molar-refractivity contribution in [3.8, 4) is 11.4 Å². The Morgan fingerprint density at radius 2 is 2.00 bits per heavy atom. The molecule has 0 bridgehead atoms. The van der Waals surface area contributed by atoms with Gasteiger partial charge in [0.05, 0.1) is 16.3 Å². The van der Waals surface area contributed by atoms with E-state index in [2.05, 4.69) is 15.0 Å². The van der Waals surface area contributed by atoms with Crippen molar-refractivity contribution in [2.45, 2.75) is 0 Å². The van der Waals surface area contributed by atoms with Crippen LogP contribution in [0.3, 0.4) is 0 Å². The summed E-state index contributed by atoms with van der Waals surface area (Å²) in [4.78, 5) is 12.3. The fourth-order valence-electron chi connectivity index (χ4n) is 2.46. The molecule has 3 nitrogen and oxygen atoms in total. The molecule has 0 aliphatic heterocycles. The van der Waals surface area contributed by atoms with Crippen LogP contribution in [0.1, 0.15) is 4.88 Å². The van der Waals surface area contributed by atoms with Crippen molar-refractivity contribution < 1.29 is 4.98 Å². The minimum atomic E-state index is 0.598. The van der Waals surface area contributed by atoms with Gasteiger partial charge in [-0.3, -0.25) is 4.99 Å². The number of aromatic amines is 2. The van der Waals surface area contributed by atoms with E-state index < -0.39 is 0 Å². The Bertz CT molecular complexity index is 1040. The average Bonchev–Trinajstić information content (AvgIpc) is 3.21. The van der Waals surface area contributed by atoms with Crippen LogP contribution in [0.25, 0.3) is 22.4 Å². The fraction of sp³-hybridized carbons (Fsp3) is 0. The number of nitrogens with one attached hydrogen (secondary N) is 2. The second-order valence-electron chi connectivity index (χ2n) is 5.25. The number of aliphatic imine (C=N–C) groups is 1. The van der Waals surface area contributed by atoms with Crippen LogP contribution >= 0.6 is 34.5 Å². The number of rotatable bonds is 3. The molecule has 2 aromatic heterocycles. The van der Waals surface area contributed by atoms with Crippen LogP contribution in [0.15, 0.2) is 58.9 Å². The third kappa shape index (κ3) is 3.08. The monoisotopic (exact) mass is 372 g/mol. The maximum atomic E-state index is 6.28. The summed E-state index contributed by atoms with van der Waals surface area (Å²) in [6, 6.07) is 15.5. The zero-order chi connectivity index (χ0) is 16.5. The molecule has 0 aliphatic rings. The molecule has 2 N–H and O–H groups in total. The van der Waals surface area contributed by atoms with E-state index >= 15 is 0 Å². The lowest BCUT2D eigenvalue weighted by Crippen LogP contribution is -2.02. The first kappa shape index (κ1) is 15.4. The molecular weight excluding hydrogens is 361 g/mol. The first-order chi connectivity index (χ1) is 11.7. The molecule has 4 rings (SSSR count). The summed E-state index contributed by atoms with van der Waals surface area (Å²) in [7, 11) is 0. The van der Waals surface area contributed by atoms with Crippen LogP contribution in [0.5, 0.6) is 0 Å². The van der Waals surface area contributed by atoms with Crippen molar-refractivity contribution in [2.24, 2.45) is 4.99 Å². The van der Waals surface area contributed by atoms with Gasteiger partial charge in [-0.1, -0.05) is 29.3 Å². The highest BCUT2D eigenvalue weighted by Gasteiger charge is 2.15. The summed E-state index contributed by atoms with van der Waals surface area (Å²) in [5.74, 6) is 0.839. The van der Waals surface area contributed by atoms with Gasteiger partial charge in [-0.25, -0.2) is 9.97 Å². The van der Waals surface area contributed by atoms with Gasteiger partial charge in [0.1, 0.15) is 0 Å². The van der Waals surface area contributed by atoms with Gasteiger partial charge < -0.3 is 0 Å². The minimum Gasteiger partial charge on any atom is -0.255 e. The highest BCUT2D eigenvalue weighted by atomic mass is 35.5. The van der Waals surface area contributed by atoms with E-state index in [1.54, 1.807) is 17.4 Å². The largest absolute Gasteiger partial charge is 0.286 e. The zero-order valence-electron chi connectivity index (χ0n) is 12.4. The number of hydrogen-bond donors (Lipinski definition) is 1. The topological polar surface area (TPSA) is 42.3 Å². The maximum Gasteiger partial charge on any atom is 0.286 e. The Labute approximate surface area is 152 Å². The number of thiophene rings is 1. The molecule has 2 aromatic carbocycles. The minimum absolute atomic E-state index is 0.598. The van der Waals surface area contributed by atoms with Gasteiger partial charge in [0, 0.05) is 22.2 Å². The lowest BCUT2D eigenvalue weighted by atomic mass is 10.2. The number of imidazole rings is 1. The van der Waals surface area contributed by atoms with E-state index in [9.17, 15) is 0 Å². The smallest absolute Gasteiger partial charge is 0.255 e. The first-order valence-electron chi connectivity index (χ1n) is 7.27. The lowest BCUT2D eigenvalue weighted by molar-refractivity contribution is -0.330. The van der Waals surface area contributed by atoms with Crippen molar-refractivity contribution in [1.29, 1.82) is 0 Å². The summed E-state index contributed by atoms with van der Waals surface area (Å²) < 4.78 is 0. The number of hydrogen-bond acceptors (Lipinski definition) is 2. The Balaban J connectivity index is 1.70. The zero-order valence-corrected chi connectivity index (χ0v) is 14.7. The Morgan fingerprint density at radius 3 is 2.79 bits per heavy atom. The van der Waals surface area contributed by atoms with E-state index in [-0.39, 0.29) is 0 Å². The molecule has 0 unspecified atom stereocenters. The van der Waals surface area contributed by atoms with Gasteiger partial charge in [0.15, 0.2) is 11.0 Å². The fourth-order valence-corrected chi connectivity index (χ4v) is 3.54. The molecule has 0 fully saturated rings. The van der Waals surface area contributed by atoms with Gasteiger partial charge in [0.2, 0.25) is 0 Å². The van der Waals surface area contributed by atoms with Gasteiger partial charge in [-0.05, 0) is 41.8 Å². The summed E-state index contributed by atoms with van der Waals surface area (Å²) in [6.45, 7) is 0. The third-order valence-electron chi connectivity index (χ3n) is 3.61. The van der Waals surface area contributed by atoms with Crippen molar-refractivity contribution in [1.82, 2.24) is 4.98 Å². The van der Waals surface area contributed by atoms with Gasteiger partial charge >= 0.3 is 0 Å². The van der Waals surface area contributed by atoms with Crippen molar-refractivity contribution >= 4 is 57.5 Å². The summed E-state index contributed by atoms with van der Waals surface area (Å²) >= 11 is 13.9. The SMILES string of the molecule is Clc1ccc(-c2[nH]c3cc(N=Cc4cccs4)ccc3[nH+]2)c(Cl)c1. The molecule has 0 spiro atoms. The molecule has 24 heavy (non-hydrogen) atoms. The van der Waals surface area contributed by atoms with E-state index in [1.165, 1.54) is 0 Å². The second-order valence-corrected chi connectivity index (χ2v) is 7.08. The quantitative estimate of drug-likeness (QED) is 0.443. The molecule has 118 valence electrons. The highest BCUT2D eigenvalue weighted by Crippen LogP contribution is 2.29. The van der Waals surface area contributed by atoms with E-state index in [0.717, 1.165) is 33.0 Å². The number of aromatic nitrogens is 2. The van der Waals surface area contributed by atoms with Gasteiger partial charge in [0.25, 0.3) is 5.82 Å². The molecular formula is C18H12Cl2N3S+. The van der Waals surface area contributed by atoms with E-state index in [0.29, 0.717) is 10.0 Å². The predicted octanol–water partition coefficient (Wildman–Crippen LogP) is 5.77. The van der Waals surface area contributed by atoms with Gasteiger partial charge in [-0.15, -0.1) is 11.3 Å². The highest BCUT2D eigenvalue weighted by molar-refractivity contribution is 7.11. The number of halogens is 2. The lowest BCUT2D eigenvalue weighted by Gasteiger charge is -1.96. The summed E-state index contributed by atoms with van der Waals surface area (Å²) in [6.07, 6.45) is 1.87. The maximum absolute atomic E-state index is 6.28. The molecule has 0 radical (unpaired) electrons. The first-order valence-corrected chi connectivity index (χ1v) is 8.91. The van der Waals surface area contributed by atoms with Crippen molar-refractivity contribution in [3.05, 3.63) is 68.8 Å². The Kier molecular flexibility index (Phi) is 4.10. The molecule has 0 amide bonds. The van der Waals surface area contributed by atoms with Crippen molar-refractivity contribution in [2.75, 3.05) is 0 Å². The number of benzene rings is 2. The number of fused-ring (bicyclic) bond motifs is 1. The Morgan fingerprint density at radius 1 is 1.08 bits per heavy atom. The van der Waals surface area contributed by atoms with Crippen LogP contribution in [-0.2, 0) is 0 Å². The average molecular weight is 373 g/mol. The third-order valence-corrected chi connectivity index (χ3v) is 4.96. The molecule has 0 saturated heterocycles. The summed E-state index contributed by atoms with van der Waals surface area (Å²) in [5, 5.41) is 3.25. The molecule has 0 atom stereocenters. The Hall–Kier alpha value is -2.14. The van der Waals surface area contributed by atoms with Crippen LogP contribution in [0, 0.1) is 0 Å². The molecule has 2 heterocycles. The van der Waals surface area contributed by atoms with E-state index in [4.69, 9.17) is 23.2 Å². The number of H-pyrrole nitrogens is 2. The molecule has 6 heteroatoms. The summed E-state index contributed by atoms with van der Waals surface area (Å²) in [5.41, 5.74) is 3.73. The van der Waals surface area contributed by atoms with Crippen molar-refractivity contribution in [3.63, 3.8) is 0 Å². The molecule has 4 aromatic rings. The van der Waals surface area contributed by atoms with Crippen LogP contribution in [0.2, 0.25) is 10.0 Å².